The molecule has 0 atom stereocenters. The first-order chi connectivity index (χ1) is 9.75. The second kappa shape index (κ2) is 8.05. The summed E-state index contributed by atoms with van der Waals surface area (Å²) in [7, 11) is 0. The molecule has 3 nitrogen and oxygen atoms in total. The van der Waals surface area contributed by atoms with Crippen molar-refractivity contribution in [3.8, 4) is 0 Å². The van der Waals surface area contributed by atoms with Gasteiger partial charge in [-0.25, -0.2) is 0 Å². The molecule has 1 aliphatic carbocycles. The molecule has 2 rings (SSSR count). The average molecular weight is 274 g/mol. The molecule has 0 heterocycles. The number of amides is 1. The maximum Gasteiger partial charge on any atom is 0.221 e. The molecule has 1 saturated carbocycles. The Balaban J connectivity index is 1.60. The molecule has 2 N–H and O–H groups in total. The summed E-state index contributed by atoms with van der Waals surface area (Å²) < 4.78 is 0. The Morgan fingerprint density at radius 1 is 1.20 bits per heavy atom. The third kappa shape index (κ3) is 4.97. The van der Waals surface area contributed by atoms with Gasteiger partial charge < -0.3 is 10.6 Å². The van der Waals surface area contributed by atoms with Gasteiger partial charge >= 0.3 is 0 Å². The lowest BCUT2D eigenvalue weighted by atomic mass is 9.95. The lowest BCUT2D eigenvalue weighted by Crippen LogP contribution is -2.37. The number of nitrogens with one attached hydrogen (secondary N) is 2. The topological polar surface area (TPSA) is 41.1 Å². The first kappa shape index (κ1) is 15.0. The van der Waals surface area contributed by atoms with Gasteiger partial charge in [0.15, 0.2) is 0 Å². The van der Waals surface area contributed by atoms with Gasteiger partial charge in [0.05, 0.1) is 0 Å². The van der Waals surface area contributed by atoms with Gasteiger partial charge in [0.1, 0.15) is 0 Å². The van der Waals surface area contributed by atoms with Crippen molar-refractivity contribution in [3.63, 3.8) is 0 Å². The van der Waals surface area contributed by atoms with Crippen LogP contribution < -0.4 is 10.6 Å². The van der Waals surface area contributed by atoms with Gasteiger partial charge in [-0.2, -0.15) is 0 Å². The summed E-state index contributed by atoms with van der Waals surface area (Å²) in [6, 6.07) is 8.78. The lowest BCUT2D eigenvalue weighted by molar-refractivity contribution is -0.121. The molecule has 20 heavy (non-hydrogen) atoms. The van der Waals surface area contributed by atoms with Crippen LogP contribution in [0.15, 0.2) is 24.3 Å². The zero-order valence-electron chi connectivity index (χ0n) is 12.5. The van der Waals surface area contributed by atoms with Crippen molar-refractivity contribution >= 4 is 5.91 Å². The van der Waals surface area contributed by atoms with E-state index < -0.39 is 0 Å². The molecule has 0 radical (unpaired) electrons. The van der Waals surface area contributed by atoms with Gasteiger partial charge in [0.2, 0.25) is 5.91 Å². The highest BCUT2D eigenvalue weighted by atomic mass is 16.1. The molecule has 1 aromatic carbocycles. The summed E-state index contributed by atoms with van der Waals surface area (Å²) in [5, 5.41) is 6.50. The second-order valence-electron chi connectivity index (χ2n) is 5.76. The molecule has 1 aliphatic rings. The molecule has 0 bridgehead atoms. The van der Waals surface area contributed by atoms with Crippen LogP contribution in [-0.2, 0) is 11.3 Å². The molecule has 3 heteroatoms. The highest BCUT2D eigenvalue weighted by molar-refractivity contribution is 5.76. The van der Waals surface area contributed by atoms with Crippen LogP contribution in [0.2, 0.25) is 0 Å². The summed E-state index contributed by atoms with van der Waals surface area (Å²) in [5.41, 5.74) is 2.60. The zero-order valence-corrected chi connectivity index (χ0v) is 12.5. The first-order valence-corrected chi connectivity index (χ1v) is 7.80. The second-order valence-corrected chi connectivity index (χ2v) is 5.76. The normalized spacial score (nSPS) is 16.1. The van der Waals surface area contributed by atoms with E-state index in [-0.39, 0.29) is 5.91 Å². The molecule has 1 fully saturated rings. The summed E-state index contributed by atoms with van der Waals surface area (Å²) in [4.78, 5) is 11.8. The molecule has 0 unspecified atom stereocenters. The molecule has 1 amide bonds. The standard InChI is InChI=1S/C17H26N2O/c1-14-7-5-6-8-15(14)13-18-12-11-17(20)19-16-9-3-2-4-10-16/h5-8,16,18H,2-4,9-13H2,1H3,(H,19,20). The molecule has 0 aromatic heterocycles. The van der Waals surface area contributed by atoms with Crippen LogP contribution in [0, 0.1) is 6.92 Å². The molecular weight excluding hydrogens is 248 g/mol. The number of hydrogen-bond acceptors (Lipinski definition) is 2. The van der Waals surface area contributed by atoms with E-state index in [1.807, 2.05) is 0 Å². The zero-order chi connectivity index (χ0) is 14.2. The van der Waals surface area contributed by atoms with Crippen molar-refractivity contribution < 1.29 is 4.79 Å². The van der Waals surface area contributed by atoms with E-state index in [0.29, 0.717) is 12.5 Å². The predicted octanol–water partition coefficient (Wildman–Crippen LogP) is 2.92. The summed E-state index contributed by atoms with van der Waals surface area (Å²) in [6.45, 7) is 3.70. The maximum atomic E-state index is 11.8. The number of carbonyl (C=O) groups is 1. The number of aryl methyl sites for hydroxylation is 1. The van der Waals surface area contributed by atoms with Crippen molar-refractivity contribution in [2.45, 2.75) is 58.0 Å². The van der Waals surface area contributed by atoms with Crippen LogP contribution in [0.4, 0.5) is 0 Å². The maximum absolute atomic E-state index is 11.8. The summed E-state index contributed by atoms with van der Waals surface area (Å²) in [5.74, 6) is 0.189. The molecule has 1 aromatic rings. The molecule has 110 valence electrons. The van der Waals surface area contributed by atoms with E-state index in [2.05, 4.69) is 41.8 Å². The van der Waals surface area contributed by atoms with Crippen molar-refractivity contribution in [2.75, 3.05) is 6.54 Å². The van der Waals surface area contributed by atoms with Gasteiger partial charge in [-0.3, -0.25) is 4.79 Å². The Hall–Kier alpha value is -1.35. The summed E-state index contributed by atoms with van der Waals surface area (Å²) >= 11 is 0. The van der Waals surface area contributed by atoms with Gasteiger partial charge in [0.25, 0.3) is 0 Å². The Kier molecular flexibility index (Phi) is 6.06. The van der Waals surface area contributed by atoms with Gasteiger partial charge in [-0.05, 0) is 30.9 Å². The molecular formula is C17H26N2O. The van der Waals surface area contributed by atoms with Gasteiger partial charge in [-0.15, -0.1) is 0 Å². The SMILES string of the molecule is Cc1ccccc1CNCCC(=O)NC1CCCCC1. The highest BCUT2D eigenvalue weighted by Gasteiger charge is 2.15. The predicted molar refractivity (Wildman–Crippen MR) is 82.5 cm³/mol. The number of rotatable bonds is 6. The van der Waals surface area contributed by atoms with Crippen molar-refractivity contribution in [1.29, 1.82) is 0 Å². The minimum absolute atomic E-state index is 0.189. The Labute approximate surface area is 122 Å². The average Bonchev–Trinajstić information content (AvgIpc) is 2.46. The van der Waals surface area contributed by atoms with E-state index >= 15 is 0 Å². The Morgan fingerprint density at radius 2 is 1.95 bits per heavy atom. The third-order valence-corrected chi connectivity index (χ3v) is 4.08. The van der Waals surface area contributed by atoms with Gasteiger partial charge in [-0.1, -0.05) is 43.5 Å². The van der Waals surface area contributed by atoms with Crippen molar-refractivity contribution in [3.05, 3.63) is 35.4 Å². The third-order valence-electron chi connectivity index (χ3n) is 4.08. The molecule has 0 spiro atoms. The fraction of sp³-hybridized carbons (Fsp3) is 0.588. The van der Waals surface area contributed by atoms with E-state index in [0.717, 1.165) is 25.9 Å². The van der Waals surface area contributed by atoms with E-state index in [1.165, 1.54) is 30.4 Å². The van der Waals surface area contributed by atoms with Gasteiger partial charge in [0, 0.05) is 25.6 Å². The van der Waals surface area contributed by atoms with Crippen LogP contribution >= 0.6 is 0 Å². The van der Waals surface area contributed by atoms with Crippen molar-refractivity contribution in [1.82, 2.24) is 10.6 Å². The largest absolute Gasteiger partial charge is 0.353 e. The van der Waals surface area contributed by atoms with Crippen LogP contribution in [0.5, 0.6) is 0 Å². The minimum Gasteiger partial charge on any atom is -0.353 e. The first-order valence-electron chi connectivity index (χ1n) is 7.80. The Bertz CT molecular complexity index is 425. The summed E-state index contributed by atoms with van der Waals surface area (Å²) in [6.07, 6.45) is 6.73. The Morgan fingerprint density at radius 3 is 2.70 bits per heavy atom. The number of carbonyl (C=O) groups excluding carboxylic acids is 1. The van der Waals surface area contributed by atoms with E-state index in [1.54, 1.807) is 0 Å². The van der Waals surface area contributed by atoms with Crippen LogP contribution in [-0.4, -0.2) is 18.5 Å². The lowest BCUT2D eigenvalue weighted by Gasteiger charge is -2.22. The van der Waals surface area contributed by atoms with E-state index in [4.69, 9.17) is 0 Å². The fourth-order valence-electron chi connectivity index (χ4n) is 2.78. The van der Waals surface area contributed by atoms with E-state index in [9.17, 15) is 4.79 Å². The number of benzene rings is 1. The van der Waals surface area contributed by atoms with Crippen LogP contribution in [0.25, 0.3) is 0 Å². The smallest absolute Gasteiger partial charge is 0.221 e. The monoisotopic (exact) mass is 274 g/mol. The fourth-order valence-corrected chi connectivity index (χ4v) is 2.78. The molecule has 0 aliphatic heterocycles. The highest BCUT2D eigenvalue weighted by Crippen LogP contribution is 2.17. The molecule has 0 saturated heterocycles. The van der Waals surface area contributed by atoms with Crippen LogP contribution in [0.1, 0.15) is 49.7 Å². The van der Waals surface area contributed by atoms with Crippen molar-refractivity contribution in [2.24, 2.45) is 0 Å². The quantitative estimate of drug-likeness (QED) is 0.783. The number of hydrogen-bond donors (Lipinski definition) is 2. The van der Waals surface area contributed by atoms with Crippen LogP contribution in [0.3, 0.4) is 0 Å². The minimum atomic E-state index is 0.189.